The van der Waals surface area contributed by atoms with E-state index in [1.165, 1.54) is 18.4 Å². The van der Waals surface area contributed by atoms with Gasteiger partial charge in [0.05, 0.1) is 0 Å². The molecule has 4 rings (SSSR count). The first-order chi connectivity index (χ1) is 11.2. The third-order valence-electron chi connectivity index (χ3n) is 4.22. The lowest BCUT2D eigenvalue weighted by Gasteiger charge is -2.22. The zero-order valence-electron chi connectivity index (χ0n) is 13.6. The fraction of sp³-hybridized carbons (Fsp3) is 0.444. The Morgan fingerprint density at radius 3 is 2.65 bits per heavy atom. The first-order valence-corrected chi connectivity index (χ1v) is 8.14. The second kappa shape index (κ2) is 5.72. The maximum atomic E-state index is 5.66. The zero-order valence-corrected chi connectivity index (χ0v) is 13.6. The monoisotopic (exact) mass is 311 g/mol. The van der Waals surface area contributed by atoms with Crippen LogP contribution in [0.4, 0.5) is 5.82 Å². The third kappa shape index (κ3) is 3.09. The Morgan fingerprint density at radius 2 is 1.87 bits per heavy atom. The van der Waals surface area contributed by atoms with Crippen LogP contribution in [0.1, 0.15) is 35.8 Å². The standard InChI is InChI=1S/C18H21N3O2/c1-12-9-17(20-18(19-12)14-4-5-14)21(2)11-13-3-6-15-16(10-13)23-8-7-22-15/h3,6,9-10,14H,4-5,7-8,11H2,1-2H3. The zero-order chi connectivity index (χ0) is 15.8. The first kappa shape index (κ1) is 14.3. The van der Waals surface area contributed by atoms with E-state index in [0.29, 0.717) is 19.1 Å². The van der Waals surface area contributed by atoms with Crippen molar-refractivity contribution in [3.8, 4) is 11.5 Å². The summed E-state index contributed by atoms with van der Waals surface area (Å²) in [5, 5.41) is 0. The number of benzene rings is 1. The van der Waals surface area contributed by atoms with Gasteiger partial charge in [0, 0.05) is 31.3 Å². The average Bonchev–Trinajstić information content (AvgIpc) is 3.39. The van der Waals surface area contributed by atoms with Crippen molar-refractivity contribution in [2.45, 2.75) is 32.2 Å². The van der Waals surface area contributed by atoms with Gasteiger partial charge in [0.25, 0.3) is 0 Å². The smallest absolute Gasteiger partial charge is 0.161 e. The highest BCUT2D eigenvalue weighted by molar-refractivity contribution is 5.46. The van der Waals surface area contributed by atoms with E-state index in [9.17, 15) is 0 Å². The van der Waals surface area contributed by atoms with Crippen LogP contribution in [0, 0.1) is 6.92 Å². The van der Waals surface area contributed by atoms with Gasteiger partial charge in [-0.3, -0.25) is 0 Å². The van der Waals surface area contributed by atoms with Gasteiger partial charge >= 0.3 is 0 Å². The molecule has 0 saturated heterocycles. The maximum absolute atomic E-state index is 5.66. The van der Waals surface area contributed by atoms with Crippen LogP contribution in [-0.2, 0) is 6.54 Å². The molecule has 0 unspecified atom stereocenters. The largest absolute Gasteiger partial charge is 0.486 e. The molecule has 2 aliphatic rings. The number of aryl methyl sites for hydroxylation is 1. The summed E-state index contributed by atoms with van der Waals surface area (Å²) in [5.74, 6) is 4.20. The van der Waals surface area contributed by atoms with Gasteiger partial charge < -0.3 is 14.4 Å². The van der Waals surface area contributed by atoms with E-state index >= 15 is 0 Å². The van der Waals surface area contributed by atoms with Gasteiger partial charge in [0.15, 0.2) is 11.5 Å². The van der Waals surface area contributed by atoms with Crippen molar-refractivity contribution in [2.75, 3.05) is 25.2 Å². The summed E-state index contributed by atoms with van der Waals surface area (Å²) in [6, 6.07) is 8.17. The molecule has 1 aliphatic heterocycles. The Labute approximate surface area is 136 Å². The van der Waals surface area contributed by atoms with Crippen molar-refractivity contribution in [1.82, 2.24) is 9.97 Å². The molecule has 0 N–H and O–H groups in total. The summed E-state index contributed by atoms with van der Waals surface area (Å²) in [7, 11) is 2.06. The van der Waals surface area contributed by atoms with Crippen molar-refractivity contribution >= 4 is 5.82 Å². The van der Waals surface area contributed by atoms with Gasteiger partial charge in [0.1, 0.15) is 24.9 Å². The molecule has 120 valence electrons. The summed E-state index contributed by atoms with van der Waals surface area (Å²) in [6.45, 7) is 4.05. The van der Waals surface area contributed by atoms with Crippen molar-refractivity contribution < 1.29 is 9.47 Å². The minimum atomic E-state index is 0.566. The normalized spacial score (nSPS) is 16.3. The predicted octanol–water partition coefficient (Wildman–Crippen LogP) is 3.07. The molecule has 1 fully saturated rings. The SMILES string of the molecule is Cc1cc(N(C)Cc2ccc3c(c2)OCCO3)nc(C2CC2)n1. The molecular formula is C18H21N3O2. The molecule has 1 aromatic heterocycles. The van der Waals surface area contributed by atoms with Crippen LogP contribution in [0.2, 0.25) is 0 Å². The van der Waals surface area contributed by atoms with E-state index in [0.717, 1.165) is 35.4 Å². The van der Waals surface area contributed by atoms with Gasteiger partial charge in [-0.05, 0) is 37.5 Å². The maximum Gasteiger partial charge on any atom is 0.161 e. The Morgan fingerprint density at radius 1 is 1.09 bits per heavy atom. The number of anilines is 1. The molecule has 5 heteroatoms. The van der Waals surface area contributed by atoms with Crippen molar-refractivity contribution in [2.24, 2.45) is 0 Å². The molecule has 0 spiro atoms. The molecule has 1 aliphatic carbocycles. The summed E-state index contributed by atoms with van der Waals surface area (Å²) < 4.78 is 11.2. The van der Waals surface area contributed by atoms with Crippen LogP contribution < -0.4 is 14.4 Å². The molecule has 0 amide bonds. The minimum absolute atomic E-state index is 0.566. The molecule has 2 aromatic rings. The molecule has 23 heavy (non-hydrogen) atoms. The molecule has 1 saturated carbocycles. The molecule has 5 nitrogen and oxygen atoms in total. The van der Waals surface area contributed by atoms with E-state index in [2.05, 4.69) is 29.1 Å². The first-order valence-electron chi connectivity index (χ1n) is 8.14. The molecule has 0 atom stereocenters. The minimum Gasteiger partial charge on any atom is -0.486 e. The van der Waals surface area contributed by atoms with E-state index in [4.69, 9.17) is 14.5 Å². The van der Waals surface area contributed by atoms with Gasteiger partial charge in [-0.1, -0.05) is 6.07 Å². The second-order valence-electron chi connectivity index (χ2n) is 6.33. The van der Waals surface area contributed by atoms with Crippen molar-refractivity contribution in [3.05, 3.63) is 41.3 Å². The van der Waals surface area contributed by atoms with Crippen LogP contribution >= 0.6 is 0 Å². The number of hydrogen-bond acceptors (Lipinski definition) is 5. The number of rotatable bonds is 4. The highest BCUT2D eigenvalue weighted by Gasteiger charge is 2.27. The molecule has 2 heterocycles. The van der Waals surface area contributed by atoms with Gasteiger partial charge in [-0.25, -0.2) is 9.97 Å². The quantitative estimate of drug-likeness (QED) is 0.868. The Hall–Kier alpha value is -2.30. The average molecular weight is 311 g/mol. The fourth-order valence-corrected chi connectivity index (χ4v) is 2.84. The van der Waals surface area contributed by atoms with Gasteiger partial charge in [-0.2, -0.15) is 0 Å². The van der Waals surface area contributed by atoms with E-state index in [1.54, 1.807) is 0 Å². The highest BCUT2D eigenvalue weighted by atomic mass is 16.6. The van der Waals surface area contributed by atoms with Crippen molar-refractivity contribution in [3.63, 3.8) is 0 Å². The number of fused-ring (bicyclic) bond motifs is 1. The molecule has 0 bridgehead atoms. The van der Waals surface area contributed by atoms with Gasteiger partial charge in [-0.15, -0.1) is 0 Å². The molecular weight excluding hydrogens is 290 g/mol. The van der Waals surface area contributed by atoms with E-state index < -0.39 is 0 Å². The Kier molecular flexibility index (Phi) is 3.56. The summed E-state index contributed by atoms with van der Waals surface area (Å²) >= 11 is 0. The van der Waals surface area contributed by atoms with Gasteiger partial charge in [0.2, 0.25) is 0 Å². The molecule has 1 aromatic carbocycles. The lowest BCUT2D eigenvalue weighted by molar-refractivity contribution is 0.171. The number of ether oxygens (including phenoxy) is 2. The van der Waals surface area contributed by atoms with Crippen LogP contribution in [0.15, 0.2) is 24.3 Å². The van der Waals surface area contributed by atoms with Crippen LogP contribution in [0.3, 0.4) is 0 Å². The van der Waals surface area contributed by atoms with Crippen LogP contribution in [-0.4, -0.2) is 30.2 Å². The topological polar surface area (TPSA) is 47.5 Å². The van der Waals surface area contributed by atoms with Crippen molar-refractivity contribution in [1.29, 1.82) is 0 Å². The van der Waals surface area contributed by atoms with Crippen LogP contribution in [0.25, 0.3) is 0 Å². The van der Waals surface area contributed by atoms with E-state index in [1.807, 2.05) is 19.1 Å². The van der Waals surface area contributed by atoms with Crippen LogP contribution in [0.5, 0.6) is 11.5 Å². The summed E-state index contributed by atoms with van der Waals surface area (Å²) in [4.78, 5) is 11.5. The van der Waals surface area contributed by atoms with E-state index in [-0.39, 0.29) is 0 Å². The number of nitrogens with zero attached hydrogens (tertiary/aromatic N) is 3. The Bertz CT molecular complexity index is 728. The fourth-order valence-electron chi connectivity index (χ4n) is 2.84. The number of hydrogen-bond donors (Lipinski definition) is 0. The molecule has 0 radical (unpaired) electrons. The highest BCUT2D eigenvalue weighted by Crippen LogP contribution is 2.38. The number of aromatic nitrogens is 2. The lowest BCUT2D eigenvalue weighted by Crippen LogP contribution is -2.20. The third-order valence-corrected chi connectivity index (χ3v) is 4.22. The Balaban J connectivity index is 1.54. The lowest BCUT2D eigenvalue weighted by atomic mass is 10.2. The predicted molar refractivity (Wildman–Crippen MR) is 88.3 cm³/mol. The summed E-state index contributed by atoms with van der Waals surface area (Å²) in [5.41, 5.74) is 2.21. The second-order valence-corrected chi connectivity index (χ2v) is 6.33. The summed E-state index contributed by atoms with van der Waals surface area (Å²) in [6.07, 6.45) is 2.43.